The van der Waals surface area contributed by atoms with Crippen molar-refractivity contribution in [2.24, 2.45) is 0 Å². The van der Waals surface area contributed by atoms with Crippen molar-refractivity contribution in [3.63, 3.8) is 0 Å². The van der Waals surface area contributed by atoms with Crippen LogP contribution in [0.25, 0.3) is 0 Å². The molecule has 0 unspecified atom stereocenters. The molecule has 0 atom stereocenters. The van der Waals surface area contributed by atoms with Crippen LogP contribution in [-0.2, 0) is 20.8 Å². The number of anilines is 1. The first-order chi connectivity index (χ1) is 8.80. The van der Waals surface area contributed by atoms with Gasteiger partial charge in [-0.1, -0.05) is 0 Å². The predicted molar refractivity (Wildman–Crippen MR) is 66.4 cm³/mol. The normalized spacial score (nSPS) is 11.1. The molecule has 0 bridgehead atoms. The monoisotopic (exact) mass is 259 g/mol. The molecule has 18 heavy (non-hydrogen) atoms. The van der Waals surface area contributed by atoms with E-state index in [2.05, 4.69) is 10.4 Å². The molecule has 104 valence electrons. The van der Waals surface area contributed by atoms with E-state index in [4.69, 9.17) is 19.3 Å². The number of methoxy groups -OCH3 is 2. The van der Waals surface area contributed by atoms with Crippen LogP contribution < -0.4 is 5.32 Å². The second-order valence-electron chi connectivity index (χ2n) is 3.61. The topological polar surface area (TPSA) is 77.8 Å². The predicted octanol–water partition coefficient (Wildman–Crippen LogP) is -0.0772. The fourth-order valence-corrected chi connectivity index (χ4v) is 1.37. The SMILES string of the molecule is COC(CNc1cnn(CCOCCO)c1)OC. The number of rotatable bonds is 10. The maximum atomic E-state index is 8.56. The van der Waals surface area contributed by atoms with E-state index in [9.17, 15) is 0 Å². The van der Waals surface area contributed by atoms with Crippen LogP contribution in [0, 0.1) is 0 Å². The fourth-order valence-electron chi connectivity index (χ4n) is 1.37. The summed E-state index contributed by atoms with van der Waals surface area (Å²) in [6.07, 6.45) is 3.33. The van der Waals surface area contributed by atoms with Crippen LogP contribution in [0.3, 0.4) is 0 Å². The highest BCUT2D eigenvalue weighted by molar-refractivity contribution is 5.37. The van der Waals surface area contributed by atoms with E-state index in [1.54, 1.807) is 25.1 Å². The lowest BCUT2D eigenvalue weighted by molar-refractivity contribution is -0.0914. The highest BCUT2D eigenvalue weighted by Gasteiger charge is 2.05. The summed E-state index contributed by atoms with van der Waals surface area (Å²) in [6, 6.07) is 0. The summed E-state index contributed by atoms with van der Waals surface area (Å²) in [7, 11) is 3.19. The maximum Gasteiger partial charge on any atom is 0.173 e. The first-order valence-electron chi connectivity index (χ1n) is 5.80. The minimum absolute atomic E-state index is 0.0430. The summed E-state index contributed by atoms with van der Waals surface area (Å²) in [5.41, 5.74) is 0.899. The smallest absolute Gasteiger partial charge is 0.173 e. The average molecular weight is 259 g/mol. The highest BCUT2D eigenvalue weighted by atomic mass is 16.7. The van der Waals surface area contributed by atoms with Crippen LogP contribution >= 0.6 is 0 Å². The van der Waals surface area contributed by atoms with Gasteiger partial charge in [0.15, 0.2) is 6.29 Å². The van der Waals surface area contributed by atoms with Gasteiger partial charge in [-0.2, -0.15) is 5.10 Å². The van der Waals surface area contributed by atoms with Gasteiger partial charge >= 0.3 is 0 Å². The molecule has 1 heterocycles. The fraction of sp³-hybridized carbons (Fsp3) is 0.727. The van der Waals surface area contributed by atoms with Crippen LogP contribution in [-0.4, -0.2) is 61.8 Å². The van der Waals surface area contributed by atoms with Crippen molar-refractivity contribution in [2.75, 3.05) is 45.9 Å². The second-order valence-corrected chi connectivity index (χ2v) is 3.61. The maximum absolute atomic E-state index is 8.56. The van der Waals surface area contributed by atoms with Crippen LogP contribution in [0.4, 0.5) is 5.69 Å². The Morgan fingerprint density at radius 2 is 2.17 bits per heavy atom. The average Bonchev–Trinajstić information content (AvgIpc) is 2.84. The molecule has 1 rings (SSSR count). The van der Waals surface area contributed by atoms with Gasteiger partial charge < -0.3 is 24.6 Å². The van der Waals surface area contributed by atoms with Gasteiger partial charge in [0.25, 0.3) is 0 Å². The molecule has 0 aliphatic heterocycles. The first kappa shape index (κ1) is 14.9. The third kappa shape index (κ3) is 5.46. The zero-order valence-electron chi connectivity index (χ0n) is 10.8. The van der Waals surface area contributed by atoms with Crippen LogP contribution in [0.5, 0.6) is 0 Å². The third-order valence-electron chi connectivity index (χ3n) is 2.33. The Hall–Kier alpha value is -1.15. The number of aliphatic hydroxyl groups excluding tert-OH is 1. The summed E-state index contributed by atoms with van der Waals surface area (Å²) in [6.45, 7) is 2.14. The van der Waals surface area contributed by atoms with Gasteiger partial charge in [-0.15, -0.1) is 0 Å². The van der Waals surface area contributed by atoms with Crippen LogP contribution in [0.15, 0.2) is 12.4 Å². The lowest BCUT2D eigenvalue weighted by Crippen LogP contribution is -2.23. The summed E-state index contributed by atoms with van der Waals surface area (Å²) in [5, 5.41) is 15.9. The van der Waals surface area contributed by atoms with E-state index < -0.39 is 0 Å². The molecule has 0 radical (unpaired) electrons. The second kappa shape index (κ2) is 8.87. The Morgan fingerprint density at radius 1 is 1.39 bits per heavy atom. The van der Waals surface area contributed by atoms with E-state index in [1.165, 1.54) is 0 Å². The van der Waals surface area contributed by atoms with Gasteiger partial charge in [0, 0.05) is 20.4 Å². The number of aliphatic hydroxyl groups is 1. The van der Waals surface area contributed by atoms with E-state index in [0.717, 1.165) is 5.69 Å². The Morgan fingerprint density at radius 3 is 2.83 bits per heavy atom. The molecule has 0 aromatic carbocycles. The molecule has 0 amide bonds. The summed E-state index contributed by atoms with van der Waals surface area (Å²) < 4.78 is 17.1. The minimum Gasteiger partial charge on any atom is -0.394 e. The van der Waals surface area contributed by atoms with Crippen molar-refractivity contribution >= 4 is 5.69 Å². The molecule has 0 aliphatic carbocycles. The summed E-state index contributed by atoms with van der Waals surface area (Å²) in [4.78, 5) is 0. The molecular formula is C11H21N3O4. The first-order valence-corrected chi connectivity index (χ1v) is 5.80. The molecule has 0 aliphatic rings. The summed E-state index contributed by atoms with van der Waals surface area (Å²) in [5.74, 6) is 0. The molecule has 0 saturated carbocycles. The number of hydrogen-bond donors (Lipinski definition) is 2. The zero-order chi connectivity index (χ0) is 13.2. The number of aromatic nitrogens is 2. The molecule has 2 N–H and O–H groups in total. The third-order valence-corrected chi connectivity index (χ3v) is 2.33. The van der Waals surface area contributed by atoms with Crippen molar-refractivity contribution in [1.82, 2.24) is 9.78 Å². The van der Waals surface area contributed by atoms with E-state index in [-0.39, 0.29) is 12.9 Å². The van der Waals surface area contributed by atoms with Gasteiger partial charge in [-0.3, -0.25) is 4.68 Å². The number of ether oxygens (including phenoxy) is 3. The lowest BCUT2D eigenvalue weighted by atomic mass is 10.5. The van der Waals surface area contributed by atoms with Crippen LogP contribution in [0.1, 0.15) is 0 Å². The van der Waals surface area contributed by atoms with Gasteiger partial charge in [0.1, 0.15) is 0 Å². The Balaban J connectivity index is 2.25. The highest BCUT2D eigenvalue weighted by Crippen LogP contribution is 2.05. The molecule has 0 fully saturated rings. The van der Waals surface area contributed by atoms with Crippen molar-refractivity contribution < 1.29 is 19.3 Å². The van der Waals surface area contributed by atoms with Crippen molar-refractivity contribution in [2.45, 2.75) is 12.8 Å². The molecule has 1 aromatic heterocycles. The zero-order valence-corrected chi connectivity index (χ0v) is 10.8. The lowest BCUT2D eigenvalue weighted by Gasteiger charge is -2.13. The quantitative estimate of drug-likeness (QED) is 0.452. The van der Waals surface area contributed by atoms with E-state index >= 15 is 0 Å². The molecular weight excluding hydrogens is 238 g/mol. The molecule has 1 aromatic rings. The Kier molecular flexibility index (Phi) is 7.35. The molecule has 7 nitrogen and oxygen atoms in total. The van der Waals surface area contributed by atoms with Gasteiger partial charge in [-0.25, -0.2) is 0 Å². The molecule has 0 saturated heterocycles. The van der Waals surface area contributed by atoms with E-state index in [0.29, 0.717) is 26.3 Å². The van der Waals surface area contributed by atoms with E-state index in [1.807, 2.05) is 6.20 Å². The Labute approximate surface area is 107 Å². The number of hydrogen-bond acceptors (Lipinski definition) is 6. The van der Waals surface area contributed by atoms with Gasteiger partial charge in [0.05, 0.1) is 44.8 Å². The molecule has 7 heteroatoms. The van der Waals surface area contributed by atoms with Crippen molar-refractivity contribution in [1.29, 1.82) is 0 Å². The number of nitrogens with zero attached hydrogens (tertiary/aromatic N) is 2. The molecule has 0 spiro atoms. The summed E-state index contributed by atoms with van der Waals surface area (Å²) >= 11 is 0. The minimum atomic E-state index is -0.277. The van der Waals surface area contributed by atoms with Gasteiger partial charge in [-0.05, 0) is 0 Å². The standard InChI is InChI=1S/C11H21N3O4/c1-16-11(17-2)8-12-10-7-13-14(9-10)3-5-18-6-4-15/h7,9,11-12,15H,3-6,8H2,1-2H3. The van der Waals surface area contributed by atoms with Crippen molar-refractivity contribution in [3.8, 4) is 0 Å². The van der Waals surface area contributed by atoms with Gasteiger partial charge in [0.2, 0.25) is 0 Å². The Bertz CT molecular complexity index is 315. The van der Waals surface area contributed by atoms with Crippen LogP contribution in [0.2, 0.25) is 0 Å². The van der Waals surface area contributed by atoms with Crippen molar-refractivity contribution in [3.05, 3.63) is 12.4 Å². The number of nitrogens with one attached hydrogen (secondary N) is 1. The largest absolute Gasteiger partial charge is 0.394 e.